The second-order valence-electron chi connectivity index (χ2n) is 2.55. The van der Waals surface area contributed by atoms with Crippen molar-refractivity contribution in [1.82, 2.24) is 0 Å². The van der Waals surface area contributed by atoms with Gasteiger partial charge in [0.15, 0.2) is 0 Å². The maximum absolute atomic E-state index is 10.9. The van der Waals surface area contributed by atoms with Crippen LogP contribution in [0.25, 0.3) is 6.08 Å². The van der Waals surface area contributed by atoms with Gasteiger partial charge in [-0.25, -0.2) is 0 Å². The Bertz CT molecular complexity index is 331. The van der Waals surface area contributed by atoms with Crippen molar-refractivity contribution in [2.24, 2.45) is 0 Å². The highest BCUT2D eigenvalue weighted by Gasteiger charge is 1.97. The lowest BCUT2D eigenvalue weighted by Gasteiger charge is -1.95. The quantitative estimate of drug-likeness (QED) is 0.742. The number of rotatable bonds is 4. The Morgan fingerprint density at radius 1 is 1.64 bits per heavy atom. The summed E-state index contributed by atoms with van der Waals surface area (Å²) in [4.78, 5) is 12.0. The molecule has 0 spiro atoms. The molecule has 0 radical (unpaired) electrons. The topological polar surface area (TPSA) is 26.3 Å². The average Bonchev–Trinajstić information content (AvgIpc) is 2.52. The first-order valence-corrected chi connectivity index (χ1v) is 5.49. The fourth-order valence-corrected chi connectivity index (χ4v) is 1.90. The lowest BCUT2D eigenvalue weighted by atomic mass is 10.3. The van der Waals surface area contributed by atoms with Gasteiger partial charge < -0.3 is 4.74 Å². The minimum atomic E-state index is -0.202. The van der Waals surface area contributed by atoms with Crippen molar-refractivity contribution >= 4 is 35.0 Å². The lowest BCUT2D eigenvalue weighted by Crippen LogP contribution is -2.01. The molecule has 0 saturated heterocycles. The van der Waals surface area contributed by atoms with Crippen LogP contribution in [0.15, 0.2) is 18.2 Å². The third kappa shape index (κ3) is 3.94. The van der Waals surface area contributed by atoms with E-state index in [1.54, 1.807) is 13.0 Å². The van der Waals surface area contributed by atoms with Crippen molar-refractivity contribution in [3.05, 3.63) is 27.4 Å². The van der Waals surface area contributed by atoms with Gasteiger partial charge in [0.25, 0.3) is 0 Å². The molecule has 0 unspecified atom stereocenters. The van der Waals surface area contributed by atoms with Crippen molar-refractivity contribution in [2.75, 3.05) is 6.61 Å². The molecule has 0 aromatic carbocycles. The van der Waals surface area contributed by atoms with Crippen molar-refractivity contribution in [1.29, 1.82) is 0 Å². The molecule has 76 valence electrons. The number of hydrogen-bond donors (Lipinski definition) is 0. The predicted molar refractivity (Wildman–Crippen MR) is 59.6 cm³/mol. The Morgan fingerprint density at radius 2 is 2.43 bits per heavy atom. The van der Waals surface area contributed by atoms with Gasteiger partial charge in [0.2, 0.25) is 0 Å². The van der Waals surface area contributed by atoms with E-state index in [4.69, 9.17) is 16.3 Å². The van der Waals surface area contributed by atoms with Crippen LogP contribution < -0.4 is 0 Å². The van der Waals surface area contributed by atoms with Crippen LogP contribution in [-0.4, -0.2) is 12.6 Å². The summed E-state index contributed by atoms with van der Waals surface area (Å²) in [6.45, 7) is 2.22. The summed E-state index contributed by atoms with van der Waals surface area (Å²) in [5, 5.41) is 0. The Labute approximate surface area is 92.2 Å². The molecule has 0 bridgehead atoms. The Kier molecular flexibility index (Phi) is 4.70. The van der Waals surface area contributed by atoms with Crippen LogP contribution in [-0.2, 0) is 9.53 Å². The van der Waals surface area contributed by atoms with Crippen molar-refractivity contribution in [2.45, 2.75) is 13.3 Å². The molecule has 0 aliphatic heterocycles. The van der Waals surface area contributed by atoms with E-state index in [0.29, 0.717) is 13.0 Å². The van der Waals surface area contributed by atoms with Crippen molar-refractivity contribution in [3.8, 4) is 0 Å². The average molecular weight is 231 g/mol. The van der Waals surface area contributed by atoms with Gasteiger partial charge in [0.05, 0.1) is 17.4 Å². The standard InChI is InChI=1S/C10H11ClO2S/c1-2-13-10(12)5-3-4-8-6-7-9(11)14-8/h3-4,6-7H,2,5H2,1H3. The van der Waals surface area contributed by atoms with Gasteiger partial charge in [-0.05, 0) is 25.1 Å². The first-order chi connectivity index (χ1) is 6.72. The van der Waals surface area contributed by atoms with E-state index in [9.17, 15) is 4.79 Å². The number of thiophene rings is 1. The molecule has 1 heterocycles. The van der Waals surface area contributed by atoms with Crippen LogP contribution in [0.4, 0.5) is 0 Å². The van der Waals surface area contributed by atoms with E-state index in [-0.39, 0.29) is 5.97 Å². The maximum Gasteiger partial charge on any atom is 0.309 e. The Balaban J connectivity index is 2.37. The first-order valence-electron chi connectivity index (χ1n) is 4.30. The van der Waals surface area contributed by atoms with Crippen LogP contribution >= 0.6 is 22.9 Å². The highest BCUT2D eigenvalue weighted by atomic mass is 35.5. The van der Waals surface area contributed by atoms with E-state index in [0.717, 1.165) is 9.21 Å². The van der Waals surface area contributed by atoms with E-state index in [1.807, 2.05) is 18.2 Å². The van der Waals surface area contributed by atoms with Gasteiger partial charge in [-0.2, -0.15) is 0 Å². The molecule has 0 saturated carbocycles. The highest BCUT2D eigenvalue weighted by Crippen LogP contribution is 2.22. The highest BCUT2D eigenvalue weighted by molar-refractivity contribution is 7.16. The zero-order valence-electron chi connectivity index (χ0n) is 7.83. The smallest absolute Gasteiger partial charge is 0.309 e. The summed E-state index contributed by atoms with van der Waals surface area (Å²) in [6.07, 6.45) is 3.96. The molecule has 0 atom stereocenters. The zero-order chi connectivity index (χ0) is 10.4. The summed E-state index contributed by atoms with van der Waals surface area (Å²) in [5.74, 6) is -0.202. The summed E-state index contributed by atoms with van der Waals surface area (Å²) in [7, 11) is 0. The van der Waals surface area contributed by atoms with Crippen LogP contribution in [0.2, 0.25) is 4.34 Å². The minimum absolute atomic E-state index is 0.202. The van der Waals surface area contributed by atoms with Crippen LogP contribution in [0.5, 0.6) is 0 Å². The van der Waals surface area contributed by atoms with Crippen LogP contribution in [0.3, 0.4) is 0 Å². The van der Waals surface area contributed by atoms with Crippen molar-refractivity contribution in [3.63, 3.8) is 0 Å². The lowest BCUT2D eigenvalue weighted by molar-refractivity contribution is -0.142. The number of hydrogen-bond acceptors (Lipinski definition) is 3. The predicted octanol–water partition coefficient (Wildman–Crippen LogP) is 3.37. The molecule has 0 fully saturated rings. The van der Waals surface area contributed by atoms with E-state index >= 15 is 0 Å². The summed E-state index contributed by atoms with van der Waals surface area (Å²) in [6, 6.07) is 3.74. The summed E-state index contributed by atoms with van der Waals surface area (Å²) < 4.78 is 5.52. The Hall–Kier alpha value is -0.800. The molecule has 1 aromatic rings. The normalized spacial score (nSPS) is 10.7. The summed E-state index contributed by atoms with van der Waals surface area (Å²) in [5.41, 5.74) is 0. The molecule has 1 aromatic heterocycles. The minimum Gasteiger partial charge on any atom is -0.466 e. The fraction of sp³-hybridized carbons (Fsp3) is 0.300. The van der Waals surface area contributed by atoms with E-state index in [1.165, 1.54) is 11.3 Å². The number of carbonyl (C=O) groups excluding carboxylic acids is 1. The second kappa shape index (κ2) is 5.83. The first kappa shape index (κ1) is 11.3. The number of carbonyl (C=O) groups is 1. The molecule has 0 aliphatic carbocycles. The van der Waals surface area contributed by atoms with Crippen LogP contribution in [0, 0.1) is 0 Å². The second-order valence-corrected chi connectivity index (χ2v) is 4.30. The molecule has 4 heteroatoms. The number of esters is 1. The van der Waals surface area contributed by atoms with Gasteiger partial charge in [0, 0.05) is 4.88 Å². The van der Waals surface area contributed by atoms with Gasteiger partial charge in [-0.15, -0.1) is 11.3 Å². The monoisotopic (exact) mass is 230 g/mol. The third-order valence-electron chi connectivity index (χ3n) is 1.47. The molecule has 14 heavy (non-hydrogen) atoms. The van der Waals surface area contributed by atoms with Gasteiger partial charge in [-0.1, -0.05) is 17.7 Å². The van der Waals surface area contributed by atoms with Crippen molar-refractivity contribution < 1.29 is 9.53 Å². The number of halogens is 1. The molecular formula is C10H11ClO2S. The molecule has 0 N–H and O–H groups in total. The van der Waals surface area contributed by atoms with Gasteiger partial charge in [-0.3, -0.25) is 4.79 Å². The third-order valence-corrected chi connectivity index (χ3v) is 2.66. The zero-order valence-corrected chi connectivity index (χ0v) is 9.40. The fourth-order valence-electron chi connectivity index (χ4n) is 0.909. The number of ether oxygens (including phenoxy) is 1. The maximum atomic E-state index is 10.9. The SMILES string of the molecule is CCOC(=O)CC=Cc1ccc(Cl)s1. The largest absolute Gasteiger partial charge is 0.466 e. The molecule has 1 rings (SSSR count). The van der Waals surface area contributed by atoms with Gasteiger partial charge in [0.1, 0.15) is 0 Å². The molecule has 0 aliphatic rings. The van der Waals surface area contributed by atoms with E-state index < -0.39 is 0 Å². The molecule has 2 nitrogen and oxygen atoms in total. The van der Waals surface area contributed by atoms with E-state index in [2.05, 4.69) is 0 Å². The summed E-state index contributed by atoms with van der Waals surface area (Å²) >= 11 is 7.22. The molecular weight excluding hydrogens is 220 g/mol. The van der Waals surface area contributed by atoms with Crippen LogP contribution in [0.1, 0.15) is 18.2 Å². The Morgan fingerprint density at radius 3 is 3.00 bits per heavy atom. The molecule has 0 amide bonds. The van der Waals surface area contributed by atoms with Gasteiger partial charge >= 0.3 is 5.97 Å².